The van der Waals surface area contributed by atoms with Gasteiger partial charge in [-0.15, -0.1) is 0 Å². The van der Waals surface area contributed by atoms with Crippen LogP contribution in [0.2, 0.25) is 0 Å². The molecule has 0 spiro atoms. The molecule has 0 aliphatic carbocycles. The molecule has 0 fully saturated rings. The summed E-state index contributed by atoms with van der Waals surface area (Å²) < 4.78 is 0. The molecule has 0 aliphatic rings. The van der Waals surface area contributed by atoms with Crippen LogP contribution in [-0.4, -0.2) is 18.0 Å². The Morgan fingerprint density at radius 3 is 2.56 bits per heavy atom. The van der Waals surface area contributed by atoms with Gasteiger partial charge in [-0.25, -0.2) is 0 Å². The van der Waals surface area contributed by atoms with Crippen molar-refractivity contribution >= 4 is 17.1 Å². The third-order valence-corrected chi connectivity index (χ3v) is 2.62. The van der Waals surface area contributed by atoms with Gasteiger partial charge >= 0.3 is 0 Å². The van der Waals surface area contributed by atoms with E-state index in [1.165, 1.54) is 0 Å². The van der Waals surface area contributed by atoms with Gasteiger partial charge < -0.3 is 10.6 Å². The Morgan fingerprint density at radius 1 is 1.17 bits per heavy atom. The van der Waals surface area contributed by atoms with Gasteiger partial charge in [0, 0.05) is 24.8 Å². The highest BCUT2D eigenvalue weighted by Crippen LogP contribution is 2.27. The van der Waals surface area contributed by atoms with E-state index in [1.54, 1.807) is 12.1 Å². The Kier molecular flexibility index (Phi) is 5.97. The molecular weight excluding hydrogens is 230 g/mol. The molecule has 1 aromatic carbocycles. The van der Waals surface area contributed by atoms with Gasteiger partial charge in [-0.05, 0) is 25.0 Å². The lowest BCUT2D eigenvalue weighted by molar-refractivity contribution is -0.383. The van der Waals surface area contributed by atoms with E-state index in [4.69, 9.17) is 0 Å². The first-order valence-electron chi connectivity index (χ1n) is 6.45. The highest BCUT2D eigenvalue weighted by molar-refractivity contribution is 5.68. The van der Waals surface area contributed by atoms with Gasteiger partial charge in [0.25, 0.3) is 5.69 Å². The number of anilines is 2. The van der Waals surface area contributed by atoms with Crippen LogP contribution in [0.1, 0.15) is 33.1 Å². The predicted octanol–water partition coefficient (Wildman–Crippen LogP) is 3.63. The summed E-state index contributed by atoms with van der Waals surface area (Å²) in [6.07, 6.45) is 3.15. The van der Waals surface area contributed by atoms with E-state index >= 15 is 0 Å². The molecule has 0 amide bonds. The van der Waals surface area contributed by atoms with E-state index in [1.807, 2.05) is 13.0 Å². The lowest BCUT2D eigenvalue weighted by Gasteiger charge is -2.10. The van der Waals surface area contributed by atoms with Crippen molar-refractivity contribution in [3.05, 3.63) is 28.3 Å². The zero-order valence-corrected chi connectivity index (χ0v) is 11.0. The van der Waals surface area contributed by atoms with Crippen LogP contribution in [0.5, 0.6) is 0 Å². The molecule has 0 radical (unpaired) electrons. The SMILES string of the molecule is CCCCNc1ccc([N+](=O)[O-])c(NCCC)c1. The second-order valence-electron chi connectivity index (χ2n) is 4.20. The first kappa shape index (κ1) is 14.3. The monoisotopic (exact) mass is 251 g/mol. The summed E-state index contributed by atoms with van der Waals surface area (Å²) in [6, 6.07) is 5.11. The van der Waals surface area contributed by atoms with Crippen LogP contribution in [0.3, 0.4) is 0 Å². The van der Waals surface area contributed by atoms with Crippen LogP contribution in [0, 0.1) is 10.1 Å². The van der Waals surface area contributed by atoms with Crippen LogP contribution < -0.4 is 10.6 Å². The minimum atomic E-state index is -0.353. The van der Waals surface area contributed by atoms with Crippen molar-refractivity contribution in [1.29, 1.82) is 0 Å². The molecule has 0 heterocycles. The van der Waals surface area contributed by atoms with Crippen molar-refractivity contribution in [2.45, 2.75) is 33.1 Å². The molecule has 100 valence electrons. The predicted molar refractivity (Wildman–Crippen MR) is 75.3 cm³/mol. The number of benzene rings is 1. The summed E-state index contributed by atoms with van der Waals surface area (Å²) >= 11 is 0. The molecule has 1 rings (SSSR count). The van der Waals surface area contributed by atoms with Gasteiger partial charge in [0.15, 0.2) is 0 Å². The normalized spacial score (nSPS) is 10.1. The topological polar surface area (TPSA) is 67.2 Å². The van der Waals surface area contributed by atoms with Crippen LogP contribution in [-0.2, 0) is 0 Å². The van der Waals surface area contributed by atoms with Gasteiger partial charge in [0.05, 0.1) is 4.92 Å². The Labute approximate surface area is 108 Å². The summed E-state index contributed by atoms with van der Waals surface area (Å²) in [6.45, 7) is 5.79. The Hall–Kier alpha value is -1.78. The maximum atomic E-state index is 10.9. The van der Waals surface area contributed by atoms with Crippen LogP contribution in [0.25, 0.3) is 0 Å². The van der Waals surface area contributed by atoms with Gasteiger partial charge in [-0.2, -0.15) is 0 Å². The van der Waals surface area contributed by atoms with Crippen molar-refractivity contribution < 1.29 is 4.92 Å². The molecule has 0 saturated heterocycles. The largest absolute Gasteiger partial charge is 0.385 e. The molecule has 0 bridgehead atoms. The average molecular weight is 251 g/mol. The number of unbranched alkanes of at least 4 members (excludes halogenated alkanes) is 1. The molecular formula is C13H21N3O2. The Bertz CT molecular complexity index is 394. The zero-order chi connectivity index (χ0) is 13.4. The number of nitro groups is 1. The fourth-order valence-corrected chi connectivity index (χ4v) is 1.62. The van der Waals surface area contributed by atoms with Gasteiger partial charge in [-0.1, -0.05) is 20.3 Å². The summed E-state index contributed by atoms with van der Waals surface area (Å²) in [5.41, 5.74) is 1.64. The molecule has 5 nitrogen and oxygen atoms in total. The van der Waals surface area contributed by atoms with Crippen molar-refractivity contribution in [1.82, 2.24) is 0 Å². The summed E-state index contributed by atoms with van der Waals surface area (Å²) in [5, 5.41) is 17.3. The van der Waals surface area contributed by atoms with E-state index in [9.17, 15) is 10.1 Å². The lowest BCUT2D eigenvalue weighted by atomic mass is 10.2. The van der Waals surface area contributed by atoms with Crippen LogP contribution in [0.4, 0.5) is 17.1 Å². The Balaban J connectivity index is 2.80. The molecule has 0 saturated carbocycles. The van der Waals surface area contributed by atoms with Crippen molar-refractivity contribution in [3.63, 3.8) is 0 Å². The first-order valence-corrected chi connectivity index (χ1v) is 6.45. The smallest absolute Gasteiger partial charge is 0.292 e. The summed E-state index contributed by atoms with van der Waals surface area (Å²) in [7, 11) is 0. The van der Waals surface area contributed by atoms with Gasteiger partial charge in [0.2, 0.25) is 0 Å². The minimum Gasteiger partial charge on any atom is -0.385 e. The molecule has 0 aliphatic heterocycles. The second kappa shape index (κ2) is 7.53. The second-order valence-corrected chi connectivity index (χ2v) is 4.20. The summed E-state index contributed by atoms with van der Waals surface area (Å²) in [4.78, 5) is 10.5. The number of hydrogen-bond acceptors (Lipinski definition) is 4. The van der Waals surface area contributed by atoms with Crippen molar-refractivity contribution in [2.24, 2.45) is 0 Å². The van der Waals surface area contributed by atoms with Gasteiger partial charge in [-0.3, -0.25) is 10.1 Å². The molecule has 0 unspecified atom stereocenters. The van der Waals surface area contributed by atoms with Gasteiger partial charge in [0.1, 0.15) is 5.69 Å². The quantitative estimate of drug-likeness (QED) is 0.420. The zero-order valence-electron chi connectivity index (χ0n) is 11.0. The third-order valence-electron chi connectivity index (χ3n) is 2.62. The van der Waals surface area contributed by atoms with E-state index < -0.39 is 0 Å². The summed E-state index contributed by atoms with van der Waals surface area (Å²) in [5.74, 6) is 0. The maximum absolute atomic E-state index is 10.9. The maximum Gasteiger partial charge on any atom is 0.292 e. The highest BCUT2D eigenvalue weighted by atomic mass is 16.6. The minimum absolute atomic E-state index is 0.129. The molecule has 18 heavy (non-hydrogen) atoms. The molecule has 0 aromatic heterocycles. The van der Waals surface area contributed by atoms with Crippen molar-refractivity contribution in [2.75, 3.05) is 23.7 Å². The molecule has 0 atom stereocenters. The third kappa shape index (κ3) is 4.24. The van der Waals surface area contributed by atoms with E-state index in [0.717, 1.165) is 38.0 Å². The Morgan fingerprint density at radius 2 is 1.94 bits per heavy atom. The van der Waals surface area contributed by atoms with E-state index in [-0.39, 0.29) is 10.6 Å². The first-order chi connectivity index (χ1) is 8.69. The fourth-order valence-electron chi connectivity index (χ4n) is 1.62. The van der Waals surface area contributed by atoms with E-state index in [2.05, 4.69) is 17.6 Å². The fraction of sp³-hybridized carbons (Fsp3) is 0.538. The molecule has 2 N–H and O–H groups in total. The number of hydrogen-bond donors (Lipinski definition) is 2. The molecule has 5 heteroatoms. The lowest BCUT2D eigenvalue weighted by Crippen LogP contribution is -2.05. The number of rotatable bonds is 8. The number of nitro benzene ring substituents is 1. The number of nitrogens with one attached hydrogen (secondary N) is 2. The van der Waals surface area contributed by atoms with Crippen LogP contribution in [0.15, 0.2) is 18.2 Å². The van der Waals surface area contributed by atoms with Crippen LogP contribution >= 0.6 is 0 Å². The molecule has 1 aromatic rings. The van der Waals surface area contributed by atoms with E-state index in [0.29, 0.717) is 5.69 Å². The average Bonchev–Trinajstić information content (AvgIpc) is 2.36. The highest BCUT2D eigenvalue weighted by Gasteiger charge is 2.13. The standard InChI is InChI=1S/C13H21N3O2/c1-3-5-9-14-11-6-7-13(16(17)18)12(10-11)15-8-4-2/h6-7,10,14-15H,3-5,8-9H2,1-2H3. The van der Waals surface area contributed by atoms with Crippen molar-refractivity contribution in [3.8, 4) is 0 Å². The number of nitrogens with zero attached hydrogens (tertiary/aromatic N) is 1.